The highest BCUT2D eigenvalue weighted by Crippen LogP contribution is 2.52. The molecule has 2 atom stereocenters. The summed E-state index contributed by atoms with van der Waals surface area (Å²) in [5.74, 6) is 1.40. The molecule has 0 spiro atoms. The van der Waals surface area contributed by atoms with Gasteiger partial charge in [-0.25, -0.2) is 0 Å². The minimum Gasteiger partial charge on any atom is -0.351 e. The quantitative estimate of drug-likeness (QED) is 0.293. The Morgan fingerprint density at radius 3 is 2.15 bits per heavy atom. The summed E-state index contributed by atoms with van der Waals surface area (Å²) in [5, 5.41) is 3.12. The standard InChI is InChI=1S/C15H26N2O2.C11H17Br.C2H2/c1-6-15(4,5)16-13(18)12-10-7-17(8-11(10)12)14(19)9(2)3;1-4-6-7-8-9-11(12)10(3)5-2;1-2/h9-12H,6-8H2,1-5H3,(H,16,18);5,7-9H,4,6H2,1-3H3;1-2H/b;8-7-,10-5+,11-9+;. The summed E-state index contributed by atoms with van der Waals surface area (Å²) in [6, 6.07) is 0. The first kappa shape index (κ1) is 31.2. The molecule has 2 rings (SSSR count). The van der Waals surface area contributed by atoms with Gasteiger partial charge < -0.3 is 10.2 Å². The van der Waals surface area contributed by atoms with Crippen molar-refractivity contribution in [1.82, 2.24) is 10.2 Å². The number of allylic oxidation sites excluding steroid dienone is 6. The summed E-state index contributed by atoms with van der Waals surface area (Å²) in [6.45, 7) is 17.9. The van der Waals surface area contributed by atoms with Gasteiger partial charge in [-0.05, 0) is 64.0 Å². The molecule has 2 unspecified atom stereocenters. The lowest BCUT2D eigenvalue weighted by molar-refractivity contribution is -0.135. The number of likely N-dealkylation sites (tertiary alicyclic amines) is 1. The van der Waals surface area contributed by atoms with Crippen molar-refractivity contribution in [2.75, 3.05) is 13.1 Å². The highest BCUT2D eigenvalue weighted by atomic mass is 79.9. The molecule has 1 saturated carbocycles. The molecule has 2 amide bonds. The van der Waals surface area contributed by atoms with E-state index in [1.54, 1.807) is 0 Å². The first-order valence-electron chi connectivity index (χ1n) is 12.1. The molecule has 1 aliphatic carbocycles. The van der Waals surface area contributed by atoms with Crippen molar-refractivity contribution in [3.63, 3.8) is 0 Å². The molecular formula is C28H45BrN2O2. The van der Waals surface area contributed by atoms with Gasteiger partial charge in [-0.1, -0.05) is 68.3 Å². The summed E-state index contributed by atoms with van der Waals surface area (Å²) in [5.41, 5.74) is 1.15. The van der Waals surface area contributed by atoms with E-state index in [-0.39, 0.29) is 29.2 Å². The minimum absolute atomic E-state index is 0.0591. The molecule has 4 nitrogen and oxygen atoms in total. The highest BCUT2D eigenvalue weighted by molar-refractivity contribution is 9.12. The number of hydrogen-bond acceptors (Lipinski definition) is 2. The van der Waals surface area contributed by atoms with Crippen LogP contribution in [0.3, 0.4) is 0 Å². The smallest absolute Gasteiger partial charge is 0.225 e. The van der Waals surface area contributed by atoms with Gasteiger partial charge in [0.25, 0.3) is 0 Å². The van der Waals surface area contributed by atoms with Crippen LogP contribution in [0.4, 0.5) is 0 Å². The maximum atomic E-state index is 12.2. The second kappa shape index (κ2) is 15.2. The third kappa shape index (κ3) is 10.3. The van der Waals surface area contributed by atoms with Crippen LogP contribution in [0.15, 0.2) is 34.4 Å². The third-order valence-corrected chi connectivity index (χ3v) is 7.18. The van der Waals surface area contributed by atoms with Crippen molar-refractivity contribution in [2.45, 2.75) is 80.2 Å². The van der Waals surface area contributed by atoms with Gasteiger partial charge in [0.15, 0.2) is 0 Å². The molecule has 0 bridgehead atoms. The summed E-state index contributed by atoms with van der Waals surface area (Å²) in [4.78, 5) is 26.0. The van der Waals surface area contributed by atoms with Crippen molar-refractivity contribution in [1.29, 1.82) is 0 Å². The summed E-state index contributed by atoms with van der Waals surface area (Å²) in [7, 11) is 0. The number of carbonyl (C=O) groups excluding carboxylic acids is 2. The topological polar surface area (TPSA) is 49.4 Å². The van der Waals surface area contributed by atoms with E-state index in [4.69, 9.17) is 0 Å². The number of nitrogens with one attached hydrogen (secondary N) is 1. The fourth-order valence-corrected chi connectivity index (χ4v) is 4.03. The van der Waals surface area contributed by atoms with E-state index in [1.165, 1.54) is 12.0 Å². The van der Waals surface area contributed by atoms with E-state index >= 15 is 0 Å². The molecule has 1 N–H and O–H groups in total. The van der Waals surface area contributed by atoms with Crippen molar-refractivity contribution >= 4 is 27.7 Å². The van der Waals surface area contributed by atoms with E-state index in [1.807, 2.05) is 25.7 Å². The van der Waals surface area contributed by atoms with Crippen LogP contribution < -0.4 is 5.32 Å². The van der Waals surface area contributed by atoms with Gasteiger partial charge in [-0.3, -0.25) is 9.59 Å². The number of fused-ring (bicyclic) bond motifs is 1. The van der Waals surface area contributed by atoms with Gasteiger partial charge in [0, 0.05) is 34.9 Å². The summed E-state index contributed by atoms with van der Waals surface area (Å²) < 4.78 is 1.16. The SMILES string of the molecule is C#C.C/C=C(C)/C(Br)=C\C=C/CCC.CCC(C)(C)NC(=O)C1C2CN(C(=O)C(C)C)CC21. The van der Waals surface area contributed by atoms with Crippen molar-refractivity contribution < 1.29 is 9.59 Å². The molecular weight excluding hydrogens is 476 g/mol. The number of terminal acetylenes is 1. The fourth-order valence-electron chi connectivity index (χ4n) is 3.65. The Labute approximate surface area is 211 Å². The molecule has 33 heavy (non-hydrogen) atoms. The first-order chi connectivity index (χ1) is 15.5. The molecule has 0 aromatic heterocycles. The zero-order chi connectivity index (χ0) is 25.8. The number of carbonyl (C=O) groups is 2. The van der Waals surface area contributed by atoms with Gasteiger partial charge in [0.1, 0.15) is 0 Å². The van der Waals surface area contributed by atoms with Crippen LogP contribution in [-0.4, -0.2) is 35.3 Å². The summed E-state index contributed by atoms with van der Waals surface area (Å²) >= 11 is 3.50. The Kier molecular flexibility index (Phi) is 14.3. The summed E-state index contributed by atoms with van der Waals surface area (Å²) in [6.07, 6.45) is 19.8. The number of rotatable bonds is 8. The lowest BCUT2D eigenvalue weighted by Crippen LogP contribution is -2.45. The lowest BCUT2D eigenvalue weighted by Gasteiger charge is -2.26. The van der Waals surface area contributed by atoms with Crippen molar-refractivity contribution in [3.05, 3.63) is 34.4 Å². The zero-order valence-corrected chi connectivity index (χ0v) is 23.5. The number of halogens is 1. The van der Waals surface area contributed by atoms with E-state index in [0.29, 0.717) is 11.8 Å². The van der Waals surface area contributed by atoms with Gasteiger partial charge in [0.2, 0.25) is 11.8 Å². The Balaban J connectivity index is 0.000000635. The molecule has 0 aromatic rings. The van der Waals surface area contributed by atoms with Gasteiger partial charge in [0.05, 0.1) is 0 Å². The number of piperidine rings is 1. The van der Waals surface area contributed by atoms with E-state index < -0.39 is 0 Å². The molecule has 0 aromatic carbocycles. The molecule has 1 aliphatic heterocycles. The molecule has 1 saturated heterocycles. The Bertz CT molecular complexity index is 734. The predicted octanol–water partition coefficient (Wildman–Crippen LogP) is 6.49. The van der Waals surface area contributed by atoms with Crippen LogP contribution in [0.1, 0.15) is 74.7 Å². The van der Waals surface area contributed by atoms with E-state index in [0.717, 1.165) is 30.4 Å². The second-order valence-electron chi connectivity index (χ2n) is 9.68. The number of amides is 2. The van der Waals surface area contributed by atoms with Crippen LogP contribution in [0, 0.1) is 36.5 Å². The van der Waals surface area contributed by atoms with E-state index in [9.17, 15) is 9.59 Å². The predicted molar refractivity (Wildman–Crippen MR) is 145 cm³/mol. The normalized spacial score (nSPS) is 22.2. The Morgan fingerprint density at radius 2 is 1.73 bits per heavy atom. The van der Waals surface area contributed by atoms with Crippen molar-refractivity contribution in [3.8, 4) is 12.8 Å². The molecule has 1 heterocycles. The molecule has 186 valence electrons. The first-order valence-corrected chi connectivity index (χ1v) is 12.9. The lowest BCUT2D eigenvalue weighted by atomic mass is 10.0. The van der Waals surface area contributed by atoms with E-state index in [2.05, 4.69) is 93.0 Å². The van der Waals surface area contributed by atoms with Crippen LogP contribution in [0.25, 0.3) is 0 Å². The maximum Gasteiger partial charge on any atom is 0.225 e. The second-order valence-corrected chi connectivity index (χ2v) is 10.5. The molecule has 0 radical (unpaired) electrons. The largest absolute Gasteiger partial charge is 0.351 e. The van der Waals surface area contributed by atoms with Crippen LogP contribution in [0.2, 0.25) is 0 Å². The van der Waals surface area contributed by atoms with Crippen molar-refractivity contribution in [2.24, 2.45) is 23.7 Å². The highest BCUT2D eigenvalue weighted by Gasteiger charge is 2.60. The third-order valence-electron chi connectivity index (χ3n) is 6.29. The molecule has 5 heteroatoms. The van der Waals surface area contributed by atoms with Gasteiger partial charge >= 0.3 is 0 Å². The average Bonchev–Trinajstić information content (AvgIpc) is 3.31. The number of nitrogens with zero attached hydrogens (tertiary/aromatic N) is 1. The zero-order valence-electron chi connectivity index (χ0n) is 22.0. The Hall–Kier alpha value is -1.80. The number of unbranched alkanes of at least 4 members (excludes halogenated alkanes) is 1. The minimum atomic E-state index is -0.124. The van der Waals surface area contributed by atoms with Crippen LogP contribution in [-0.2, 0) is 9.59 Å². The van der Waals surface area contributed by atoms with Gasteiger partial charge in [-0.15, -0.1) is 12.8 Å². The maximum absolute atomic E-state index is 12.2. The molecule has 2 aliphatic rings. The monoisotopic (exact) mass is 520 g/mol. The molecule has 2 fully saturated rings. The Morgan fingerprint density at radius 1 is 1.18 bits per heavy atom. The average molecular weight is 522 g/mol. The number of hydrogen-bond donors (Lipinski definition) is 1. The van der Waals surface area contributed by atoms with Crippen LogP contribution >= 0.6 is 15.9 Å². The van der Waals surface area contributed by atoms with Gasteiger partial charge in [-0.2, -0.15) is 0 Å². The fraction of sp³-hybridized carbons (Fsp3) is 0.643. The van der Waals surface area contributed by atoms with Crippen LogP contribution in [0.5, 0.6) is 0 Å².